The average molecular weight is 323 g/mol. The molecule has 0 aromatic carbocycles. The summed E-state index contributed by atoms with van der Waals surface area (Å²) in [5.41, 5.74) is 1.01. The predicted octanol–water partition coefficient (Wildman–Crippen LogP) is 3.98. The molecule has 0 aliphatic heterocycles. The van der Waals surface area contributed by atoms with Crippen molar-refractivity contribution in [2.24, 2.45) is 0 Å². The lowest BCUT2D eigenvalue weighted by molar-refractivity contribution is -0.132. The maximum atomic E-state index is 12.3. The molecule has 0 unspecified atom stereocenters. The number of hydrogen-bond donors (Lipinski definition) is 1. The van der Waals surface area contributed by atoms with E-state index in [0.717, 1.165) is 42.9 Å². The van der Waals surface area contributed by atoms with E-state index in [1.165, 1.54) is 11.3 Å². The number of nitrogens with zero attached hydrogens (tertiary/aromatic N) is 2. The van der Waals surface area contributed by atoms with Gasteiger partial charge in [0.15, 0.2) is 5.13 Å². The number of halogens is 3. The van der Waals surface area contributed by atoms with Crippen molar-refractivity contribution in [2.45, 2.75) is 52.3 Å². The van der Waals surface area contributed by atoms with E-state index >= 15 is 0 Å². The molecule has 0 saturated heterocycles. The zero-order valence-corrected chi connectivity index (χ0v) is 13.7. The summed E-state index contributed by atoms with van der Waals surface area (Å²) >= 11 is 1.49. The van der Waals surface area contributed by atoms with Crippen LogP contribution in [0.25, 0.3) is 0 Å². The van der Waals surface area contributed by atoms with E-state index in [9.17, 15) is 13.2 Å². The molecule has 122 valence electrons. The number of alkyl halides is 3. The minimum atomic E-state index is -4.12. The highest BCUT2D eigenvalue weighted by molar-refractivity contribution is 7.15. The molecule has 0 aliphatic rings. The first-order valence-corrected chi connectivity index (χ1v) is 8.16. The molecule has 1 aromatic heterocycles. The van der Waals surface area contributed by atoms with Gasteiger partial charge in [-0.1, -0.05) is 20.3 Å². The molecule has 1 aromatic rings. The Morgan fingerprint density at radius 2 is 1.95 bits per heavy atom. The van der Waals surface area contributed by atoms with Gasteiger partial charge in [0.05, 0.1) is 12.1 Å². The monoisotopic (exact) mass is 323 g/mol. The first-order chi connectivity index (χ1) is 9.87. The van der Waals surface area contributed by atoms with Crippen LogP contribution in [0.15, 0.2) is 0 Å². The van der Waals surface area contributed by atoms with Crippen molar-refractivity contribution < 1.29 is 13.2 Å². The predicted molar refractivity (Wildman–Crippen MR) is 82.0 cm³/mol. The highest BCUT2D eigenvalue weighted by Gasteiger charge is 2.27. The van der Waals surface area contributed by atoms with Crippen LogP contribution in [-0.4, -0.2) is 31.3 Å². The largest absolute Gasteiger partial charge is 0.390 e. The van der Waals surface area contributed by atoms with Crippen molar-refractivity contribution in [1.29, 1.82) is 0 Å². The van der Waals surface area contributed by atoms with E-state index in [-0.39, 0.29) is 6.54 Å². The number of nitrogens with one attached hydrogen (secondary N) is 1. The van der Waals surface area contributed by atoms with Crippen LogP contribution < -0.4 is 10.2 Å². The van der Waals surface area contributed by atoms with Gasteiger partial charge in [-0.3, -0.25) is 0 Å². The maximum absolute atomic E-state index is 12.3. The molecule has 0 aliphatic carbocycles. The van der Waals surface area contributed by atoms with Gasteiger partial charge in [-0.25, -0.2) is 4.98 Å². The van der Waals surface area contributed by atoms with Crippen LogP contribution in [-0.2, 0) is 13.0 Å². The Hall–Kier alpha value is -0.820. The number of rotatable bonds is 9. The Morgan fingerprint density at radius 3 is 2.52 bits per heavy atom. The van der Waals surface area contributed by atoms with Gasteiger partial charge in [0, 0.05) is 25.0 Å². The average Bonchev–Trinajstić information content (AvgIpc) is 2.79. The molecule has 3 nitrogen and oxygen atoms in total. The molecule has 0 bridgehead atoms. The molecular formula is C14H24F3N3S. The number of aryl methyl sites for hydroxylation is 1. The number of thiazole rings is 1. The Labute approximate surface area is 128 Å². The highest BCUT2D eigenvalue weighted by atomic mass is 32.1. The molecule has 0 spiro atoms. The van der Waals surface area contributed by atoms with Crippen LogP contribution in [0.2, 0.25) is 0 Å². The molecule has 21 heavy (non-hydrogen) atoms. The van der Waals surface area contributed by atoms with E-state index in [2.05, 4.69) is 24.1 Å². The third-order valence-corrected chi connectivity index (χ3v) is 4.24. The fraction of sp³-hybridized carbons (Fsp3) is 0.786. The zero-order chi connectivity index (χ0) is 15.9. The molecule has 0 radical (unpaired) electrons. The van der Waals surface area contributed by atoms with E-state index in [0.29, 0.717) is 5.13 Å². The Bertz CT molecular complexity index is 418. The van der Waals surface area contributed by atoms with Crippen molar-refractivity contribution >= 4 is 16.5 Å². The summed E-state index contributed by atoms with van der Waals surface area (Å²) in [4.78, 5) is 7.25. The number of anilines is 1. The summed E-state index contributed by atoms with van der Waals surface area (Å²) < 4.78 is 36.9. The minimum Gasteiger partial charge on any atom is -0.351 e. The van der Waals surface area contributed by atoms with Crippen LogP contribution in [0.4, 0.5) is 18.3 Å². The molecule has 7 heteroatoms. The second kappa shape index (κ2) is 8.58. The van der Waals surface area contributed by atoms with Gasteiger partial charge in [-0.2, -0.15) is 13.2 Å². The van der Waals surface area contributed by atoms with Gasteiger partial charge in [0.25, 0.3) is 0 Å². The van der Waals surface area contributed by atoms with E-state index in [4.69, 9.17) is 0 Å². The summed E-state index contributed by atoms with van der Waals surface area (Å²) in [6.07, 6.45) is -2.03. The van der Waals surface area contributed by atoms with Crippen LogP contribution in [0, 0.1) is 0 Å². The van der Waals surface area contributed by atoms with Crippen LogP contribution >= 0.6 is 11.3 Å². The van der Waals surface area contributed by atoms with Gasteiger partial charge < -0.3 is 10.2 Å². The van der Waals surface area contributed by atoms with Crippen LogP contribution in [0.5, 0.6) is 0 Å². The third-order valence-electron chi connectivity index (χ3n) is 3.02. The second-order valence-electron chi connectivity index (χ2n) is 5.08. The molecule has 1 heterocycles. The smallest absolute Gasteiger partial charge is 0.351 e. The number of aromatic nitrogens is 1. The molecule has 0 fully saturated rings. The molecule has 0 saturated carbocycles. The Morgan fingerprint density at radius 1 is 1.24 bits per heavy atom. The Kier molecular flexibility index (Phi) is 7.45. The van der Waals surface area contributed by atoms with Crippen molar-refractivity contribution in [3.63, 3.8) is 0 Å². The van der Waals surface area contributed by atoms with Gasteiger partial charge in [-0.05, 0) is 19.4 Å². The third kappa shape index (κ3) is 6.65. The van der Waals surface area contributed by atoms with E-state index in [1.807, 2.05) is 0 Å². The molecule has 0 atom stereocenters. The molecular weight excluding hydrogens is 299 g/mol. The summed E-state index contributed by atoms with van der Waals surface area (Å²) in [5, 5.41) is 4.01. The summed E-state index contributed by atoms with van der Waals surface area (Å²) in [6.45, 7) is 5.81. The lowest BCUT2D eigenvalue weighted by atomic mass is 10.2. The van der Waals surface area contributed by atoms with Crippen LogP contribution in [0.1, 0.15) is 43.7 Å². The molecule has 1 N–H and O–H groups in total. The highest BCUT2D eigenvalue weighted by Crippen LogP contribution is 2.28. The standard InChI is InChI=1S/C14H24F3N3S/c1-4-6-11-12(10-18-8-5-2)21-13(19-11)20(3)9-7-14(15,16)17/h18H,4-10H2,1-3H3. The van der Waals surface area contributed by atoms with Crippen molar-refractivity contribution in [3.8, 4) is 0 Å². The fourth-order valence-corrected chi connectivity index (χ4v) is 2.94. The first-order valence-electron chi connectivity index (χ1n) is 7.34. The normalized spacial score (nSPS) is 11.9. The van der Waals surface area contributed by atoms with Gasteiger partial charge >= 0.3 is 6.18 Å². The fourth-order valence-electron chi connectivity index (χ4n) is 1.87. The van der Waals surface area contributed by atoms with Crippen molar-refractivity contribution in [1.82, 2.24) is 10.3 Å². The molecule has 0 amide bonds. The van der Waals surface area contributed by atoms with E-state index < -0.39 is 12.6 Å². The topological polar surface area (TPSA) is 28.2 Å². The van der Waals surface area contributed by atoms with Crippen molar-refractivity contribution in [2.75, 3.05) is 25.0 Å². The summed E-state index contributed by atoms with van der Waals surface area (Å²) in [7, 11) is 1.67. The Balaban J connectivity index is 2.70. The van der Waals surface area contributed by atoms with Gasteiger partial charge in [0.1, 0.15) is 0 Å². The lowest BCUT2D eigenvalue weighted by Crippen LogP contribution is -2.23. The molecule has 1 rings (SSSR count). The quantitative estimate of drug-likeness (QED) is 0.697. The SMILES string of the molecule is CCCNCc1sc(N(C)CCC(F)(F)F)nc1CCC. The first kappa shape index (κ1) is 18.2. The van der Waals surface area contributed by atoms with E-state index in [1.54, 1.807) is 11.9 Å². The van der Waals surface area contributed by atoms with Crippen molar-refractivity contribution in [3.05, 3.63) is 10.6 Å². The second-order valence-corrected chi connectivity index (χ2v) is 6.14. The maximum Gasteiger partial charge on any atom is 0.390 e. The summed E-state index contributed by atoms with van der Waals surface area (Å²) in [5.74, 6) is 0. The zero-order valence-electron chi connectivity index (χ0n) is 12.9. The lowest BCUT2D eigenvalue weighted by Gasteiger charge is -2.16. The number of hydrogen-bond acceptors (Lipinski definition) is 4. The summed E-state index contributed by atoms with van der Waals surface area (Å²) in [6, 6.07) is 0. The van der Waals surface area contributed by atoms with Gasteiger partial charge in [0.2, 0.25) is 0 Å². The van der Waals surface area contributed by atoms with Gasteiger partial charge in [-0.15, -0.1) is 11.3 Å². The minimum absolute atomic E-state index is 0.0512. The van der Waals surface area contributed by atoms with Crippen LogP contribution in [0.3, 0.4) is 0 Å².